The summed E-state index contributed by atoms with van der Waals surface area (Å²) in [6.07, 6.45) is 3.87. The Morgan fingerprint density at radius 1 is 1.53 bits per heavy atom. The molecule has 1 rings (SSSR count). The summed E-state index contributed by atoms with van der Waals surface area (Å²) >= 11 is 5.92. The zero-order valence-corrected chi connectivity index (χ0v) is 10.4. The first kappa shape index (κ1) is 12.4. The van der Waals surface area contributed by atoms with Crippen LogP contribution in [0.4, 0.5) is 5.82 Å². The molecule has 1 atom stereocenters. The van der Waals surface area contributed by atoms with Crippen molar-refractivity contribution in [3.8, 4) is 0 Å². The zero-order valence-electron chi connectivity index (χ0n) is 8.79. The molecule has 15 heavy (non-hydrogen) atoms. The van der Waals surface area contributed by atoms with Crippen molar-refractivity contribution < 1.29 is 4.21 Å². The molecule has 84 valence electrons. The van der Waals surface area contributed by atoms with Gasteiger partial charge >= 0.3 is 0 Å². The Bertz CT molecular complexity index is 359. The van der Waals surface area contributed by atoms with Gasteiger partial charge in [-0.05, 0) is 6.42 Å². The summed E-state index contributed by atoms with van der Waals surface area (Å²) in [6, 6.07) is 0. The Hall–Kier alpha value is -0.680. The average Bonchev–Trinajstić information content (AvgIpc) is 2.17. The van der Waals surface area contributed by atoms with E-state index in [1.807, 2.05) is 6.92 Å². The number of rotatable bonds is 5. The number of nitrogens with one attached hydrogen (secondary N) is 1. The molecule has 1 unspecified atom stereocenters. The molecule has 0 bridgehead atoms. The van der Waals surface area contributed by atoms with E-state index in [4.69, 9.17) is 11.6 Å². The molecule has 1 aromatic rings. The fraction of sp³-hybridized carbons (Fsp3) is 0.556. The molecular weight excluding hydrogens is 234 g/mol. The van der Waals surface area contributed by atoms with Crippen LogP contribution in [-0.2, 0) is 17.2 Å². The van der Waals surface area contributed by atoms with E-state index in [9.17, 15) is 4.21 Å². The molecule has 0 aliphatic carbocycles. The highest BCUT2D eigenvalue weighted by Gasteiger charge is 2.06. The quantitative estimate of drug-likeness (QED) is 0.801. The van der Waals surface area contributed by atoms with E-state index in [1.165, 1.54) is 6.33 Å². The Morgan fingerprint density at radius 3 is 2.87 bits per heavy atom. The van der Waals surface area contributed by atoms with E-state index < -0.39 is 10.8 Å². The minimum absolute atomic E-state index is 0.479. The third-order valence-electron chi connectivity index (χ3n) is 1.93. The van der Waals surface area contributed by atoms with Crippen molar-refractivity contribution in [2.24, 2.45) is 0 Å². The van der Waals surface area contributed by atoms with Crippen molar-refractivity contribution >= 4 is 28.2 Å². The van der Waals surface area contributed by atoms with Crippen LogP contribution in [0.15, 0.2) is 6.33 Å². The monoisotopic (exact) mass is 247 g/mol. The molecule has 0 saturated carbocycles. The standard InChI is InChI=1S/C9H14ClN3OS/c1-3-7-8(10)12-6-13-9(7)11-4-5-15(2)14/h6H,3-5H2,1-2H3,(H,11,12,13). The van der Waals surface area contributed by atoms with Gasteiger partial charge in [-0.2, -0.15) is 0 Å². The maximum atomic E-state index is 10.9. The van der Waals surface area contributed by atoms with Gasteiger partial charge in [-0.25, -0.2) is 9.97 Å². The second-order valence-electron chi connectivity index (χ2n) is 3.05. The summed E-state index contributed by atoms with van der Waals surface area (Å²) in [6.45, 7) is 2.62. The maximum absolute atomic E-state index is 10.9. The van der Waals surface area contributed by atoms with Gasteiger partial charge in [0.25, 0.3) is 0 Å². The van der Waals surface area contributed by atoms with E-state index in [1.54, 1.807) is 6.26 Å². The van der Waals surface area contributed by atoms with E-state index in [2.05, 4.69) is 15.3 Å². The topological polar surface area (TPSA) is 54.9 Å². The first-order valence-corrected chi connectivity index (χ1v) is 6.79. The molecule has 1 aromatic heterocycles. The molecule has 0 aliphatic rings. The number of nitrogens with zero attached hydrogens (tertiary/aromatic N) is 2. The van der Waals surface area contributed by atoms with Crippen LogP contribution in [0.5, 0.6) is 0 Å². The Morgan fingerprint density at radius 2 is 2.27 bits per heavy atom. The predicted molar refractivity (Wildman–Crippen MR) is 63.8 cm³/mol. The third kappa shape index (κ3) is 3.76. The van der Waals surface area contributed by atoms with Crippen molar-refractivity contribution in [2.45, 2.75) is 13.3 Å². The van der Waals surface area contributed by atoms with E-state index in [0.717, 1.165) is 17.8 Å². The van der Waals surface area contributed by atoms with Gasteiger partial charge in [0, 0.05) is 34.9 Å². The van der Waals surface area contributed by atoms with Gasteiger partial charge in [-0.3, -0.25) is 4.21 Å². The first-order chi connectivity index (χ1) is 7.15. The van der Waals surface area contributed by atoms with Crippen molar-refractivity contribution in [3.63, 3.8) is 0 Å². The highest BCUT2D eigenvalue weighted by atomic mass is 35.5. The van der Waals surface area contributed by atoms with Crippen molar-refractivity contribution in [2.75, 3.05) is 23.9 Å². The average molecular weight is 248 g/mol. The summed E-state index contributed by atoms with van der Waals surface area (Å²) in [7, 11) is -0.792. The lowest BCUT2D eigenvalue weighted by Gasteiger charge is -2.09. The summed E-state index contributed by atoms with van der Waals surface area (Å²) in [5.74, 6) is 1.34. The van der Waals surface area contributed by atoms with Crippen LogP contribution in [0.25, 0.3) is 0 Å². The minimum atomic E-state index is -0.792. The molecular formula is C9H14ClN3OS. The second-order valence-corrected chi connectivity index (χ2v) is 4.96. The number of hydrogen-bond acceptors (Lipinski definition) is 4. The molecule has 0 saturated heterocycles. The smallest absolute Gasteiger partial charge is 0.137 e. The maximum Gasteiger partial charge on any atom is 0.137 e. The van der Waals surface area contributed by atoms with Gasteiger partial charge in [0.1, 0.15) is 17.3 Å². The molecule has 0 radical (unpaired) electrons. The SMILES string of the molecule is CCc1c(Cl)ncnc1NCCS(C)=O. The van der Waals surface area contributed by atoms with E-state index in [-0.39, 0.29) is 0 Å². The highest BCUT2D eigenvalue weighted by molar-refractivity contribution is 7.84. The highest BCUT2D eigenvalue weighted by Crippen LogP contribution is 2.19. The fourth-order valence-corrected chi connectivity index (χ4v) is 1.83. The normalized spacial score (nSPS) is 12.5. The van der Waals surface area contributed by atoms with Gasteiger partial charge in [0.05, 0.1) is 0 Å². The van der Waals surface area contributed by atoms with Gasteiger partial charge in [-0.1, -0.05) is 18.5 Å². The summed E-state index contributed by atoms with van der Waals surface area (Å²) in [5, 5.41) is 3.59. The van der Waals surface area contributed by atoms with Crippen LogP contribution in [0.3, 0.4) is 0 Å². The lowest BCUT2D eigenvalue weighted by molar-refractivity contribution is 0.687. The summed E-state index contributed by atoms with van der Waals surface area (Å²) in [5.41, 5.74) is 0.904. The number of anilines is 1. The van der Waals surface area contributed by atoms with Gasteiger partial charge in [0.15, 0.2) is 0 Å². The van der Waals surface area contributed by atoms with Gasteiger partial charge in [-0.15, -0.1) is 0 Å². The summed E-state index contributed by atoms with van der Waals surface area (Å²) < 4.78 is 10.9. The molecule has 0 amide bonds. The molecule has 0 fully saturated rings. The molecule has 1 N–H and O–H groups in total. The third-order valence-corrected chi connectivity index (χ3v) is 3.03. The number of aromatic nitrogens is 2. The van der Waals surface area contributed by atoms with Crippen LogP contribution >= 0.6 is 11.6 Å². The van der Waals surface area contributed by atoms with Crippen molar-refractivity contribution in [1.82, 2.24) is 9.97 Å². The molecule has 4 nitrogen and oxygen atoms in total. The predicted octanol–water partition coefficient (Wildman–Crippen LogP) is 1.48. The fourth-order valence-electron chi connectivity index (χ4n) is 1.17. The van der Waals surface area contributed by atoms with E-state index in [0.29, 0.717) is 17.5 Å². The van der Waals surface area contributed by atoms with Gasteiger partial charge in [0.2, 0.25) is 0 Å². The molecule has 1 heterocycles. The lowest BCUT2D eigenvalue weighted by Crippen LogP contribution is -2.12. The number of hydrogen-bond donors (Lipinski definition) is 1. The van der Waals surface area contributed by atoms with Crippen molar-refractivity contribution in [1.29, 1.82) is 0 Å². The van der Waals surface area contributed by atoms with Crippen LogP contribution in [0.1, 0.15) is 12.5 Å². The van der Waals surface area contributed by atoms with E-state index >= 15 is 0 Å². The molecule has 0 spiro atoms. The molecule has 6 heteroatoms. The second kappa shape index (κ2) is 6.02. The van der Waals surface area contributed by atoms with Crippen LogP contribution in [0.2, 0.25) is 5.15 Å². The van der Waals surface area contributed by atoms with Crippen LogP contribution in [-0.4, -0.2) is 32.7 Å². The first-order valence-electron chi connectivity index (χ1n) is 4.68. The van der Waals surface area contributed by atoms with Crippen LogP contribution in [0, 0.1) is 0 Å². The number of halogens is 1. The minimum Gasteiger partial charge on any atom is -0.369 e. The Kier molecular flexibility index (Phi) is 4.98. The van der Waals surface area contributed by atoms with Crippen molar-refractivity contribution in [3.05, 3.63) is 17.0 Å². The molecule has 0 aliphatic heterocycles. The lowest BCUT2D eigenvalue weighted by atomic mass is 10.2. The van der Waals surface area contributed by atoms with Crippen LogP contribution < -0.4 is 5.32 Å². The van der Waals surface area contributed by atoms with Gasteiger partial charge < -0.3 is 5.32 Å². The molecule has 0 aromatic carbocycles. The Balaban J connectivity index is 2.67. The Labute approximate surface area is 96.9 Å². The zero-order chi connectivity index (χ0) is 11.3. The summed E-state index contributed by atoms with van der Waals surface area (Å²) in [4.78, 5) is 8.01. The largest absolute Gasteiger partial charge is 0.369 e.